The SMILES string of the molecule is Cc1[nH]c2ccccc2c1-c1ccc(C(F)(F)F)cc1. The van der Waals surface area contributed by atoms with Gasteiger partial charge in [-0.05, 0) is 30.7 Å². The molecule has 102 valence electrons. The monoisotopic (exact) mass is 275 g/mol. The minimum Gasteiger partial charge on any atom is -0.358 e. The number of aromatic nitrogens is 1. The summed E-state index contributed by atoms with van der Waals surface area (Å²) in [7, 11) is 0. The molecule has 0 spiro atoms. The van der Waals surface area contributed by atoms with Crippen LogP contribution in [0, 0.1) is 6.92 Å². The highest BCUT2D eigenvalue weighted by Crippen LogP contribution is 2.34. The first-order valence-electron chi connectivity index (χ1n) is 6.22. The zero-order valence-electron chi connectivity index (χ0n) is 10.8. The van der Waals surface area contributed by atoms with Gasteiger partial charge in [0.1, 0.15) is 0 Å². The summed E-state index contributed by atoms with van der Waals surface area (Å²) in [6, 6.07) is 13.0. The molecule has 1 nitrogen and oxygen atoms in total. The fourth-order valence-electron chi connectivity index (χ4n) is 2.47. The topological polar surface area (TPSA) is 15.8 Å². The highest BCUT2D eigenvalue weighted by Gasteiger charge is 2.30. The van der Waals surface area contributed by atoms with Crippen LogP contribution in [0.1, 0.15) is 11.3 Å². The number of hydrogen-bond acceptors (Lipinski definition) is 0. The number of alkyl halides is 3. The van der Waals surface area contributed by atoms with E-state index >= 15 is 0 Å². The van der Waals surface area contributed by atoms with E-state index in [-0.39, 0.29) is 0 Å². The predicted molar refractivity (Wildman–Crippen MR) is 73.5 cm³/mol. The third kappa shape index (κ3) is 2.07. The molecule has 1 N–H and O–H groups in total. The molecule has 0 fully saturated rings. The largest absolute Gasteiger partial charge is 0.416 e. The fraction of sp³-hybridized carbons (Fsp3) is 0.125. The zero-order chi connectivity index (χ0) is 14.3. The molecular formula is C16H12F3N. The molecule has 0 unspecified atom stereocenters. The van der Waals surface area contributed by atoms with Crippen LogP contribution in [0.2, 0.25) is 0 Å². The summed E-state index contributed by atoms with van der Waals surface area (Å²) in [5, 5.41) is 1.02. The summed E-state index contributed by atoms with van der Waals surface area (Å²) in [5.41, 5.74) is 3.05. The lowest BCUT2D eigenvalue weighted by Crippen LogP contribution is -2.04. The molecule has 3 aromatic rings. The van der Waals surface area contributed by atoms with Crippen molar-refractivity contribution in [2.75, 3.05) is 0 Å². The van der Waals surface area contributed by atoms with Gasteiger partial charge in [-0.25, -0.2) is 0 Å². The molecule has 0 amide bonds. The van der Waals surface area contributed by atoms with Crippen LogP contribution in [-0.4, -0.2) is 4.98 Å². The summed E-state index contributed by atoms with van der Waals surface area (Å²) in [5.74, 6) is 0. The van der Waals surface area contributed by atoms with Gasteiger partial charge in [0.15, 0.2) is 0 Å². The molecule has 0 aliphatic rings. The van der Waals surface area contributed by atoms with E-state index < -0.39 is 11.7 Å². The second kappa shape index (κ2) is 4.40. The van der Waals surface area contributed by atoms with E-state index in [0.29, 0.717) is 0 Å². The molecule has 20 heavy (non-hydrogen) atoms. The van der Waals surface area contributed by atoms with Gasteiger partial charge in [-0.1, -0.05) is 30.3 Å². The highest BCUT2D eigenvalue weighted by atomic mass is 19.4. The van der Waals surface area contributed by atoms with Crippen LogP contribution in [0.3, 0.4) is 0 Å². The first-order chi connectivity index (χ1) is 9.47. The Bertz CT molecular complexity index is 751. The molecule has 2 aromatic carbocycles. The maximum Gasteiger partial charge on any atom is 0.416 e. The Morgan fingerprint density at radius 3 is 2.20 bits per heavy atom. The second-order valence-corrected chi connectivity index (χ2v) is 4.75. The molecule has 0 saturated carbocycles. The maximum atomic E-state index is 12.6. The smallest absolute Gasteiger partial charge is 0.358 e. The van der Waals surface area contributed by atoms with Crippen molar-refractivity contribution in [1.82, 2.24) is 4.98 Å². The van der Waals surface area contributed by atoms with Gasteiger partial charge >= 0.3 is 6.18 Å². The van der Waals surface area contributed by atoms with E-state index in [1.54, 1.807) is 0 Å². The van der Waals surface area contributed by atoms with Gasteiger partial charge in [0.05, 0.1) is 5.56 Å². The van der Waals surface area contributed by atoms with Gasteiger partial charge in [-0.3, -0.25) is 0 Å². The molecule has 4 heteroatoms. The molecule has 0 saturated heterocycles. The molecule has 0 bridgehead atoms. The van der Waals surface area contributed by atoms with Gasteiger partial charge < -0.3 is 4.98 Å². The average Bonchev–Trinajstić information content (AvgIpc) is 2.73. The number of aryl methyl sites for hydroxylation is 1. The van der Waals surface area contributed by atoms with Crippen molar-refractivity contribution in [2.24, 2.45) is 0 Å². The number of halogens is 3. The van der Waals surface area contributed by atoms with Crippen LogP contribution in [-0.2, 0) is 6.18 Å². The standard InChI is InChI=1S/C16H12F3N/c1-10-15(13-4-2-3-5-14(13)20-10)11-6-8-12(9-7-11)16(17,18)19/h2-9,20H,1H3. The van der Waals surface area contributed by atoms with Crippen molar-refractivity contribution >= 4 is 10.9 Å². The molecule has 1 aromatic heterocycles. The molecule has 0 radical (unpaired) electrons. The minimum atomic E-state index is -4.30. The number of benzene rings is 2. The van der Waals surface area contributed by atoms with Gasteiger partial charge in [-0.2, -0.15) is 13.2 Å². The first-order valence-corrected chi connectivity index (χ1v) is 6.22. The van der Waals surface area contributed by atoms with Crippen LogP contribution in [0.15, 0.2) is 48.5 Å². The summed E-state index contributed by atoms with van der Waals surface area (Å²) in [4.78, 5) is 3.25. The number of rotatable bonds is 1. The number of fused-ring (bicyclic) bond motifs is 1. The molecule has 1 heterocycles. The van der Waals surface area contributed by atoms with Gasteiger partial charge in [0, 0.05) is 22.2 Å². The average molecular weight is 275 g/mol. The van der Waals surface area contributed by atoms with Gasteiger partial charge in [0.25, 0.3) is 0 Å². The van der Waals surface area contributed by atoms with Crippen LogP contribution < -0.4 is 0 Å². The Morgan fingerprint density at radius 2 is 1.55 bits per heavy atom. The van der Waals surface area contributed by atoms with E-state index in [4.69, 9.17) is 0 Å². The van der Waals surface area contributed by atoms with Crippen molar-refractivity contribution in [1.29, 1.82) is 0 Å². The van der Waals surface area contributed by atoms with E-state index in [1.165, 1.54) is 12.1 Å². The first kappa shape index (κ1) is 12.8. The number of para-hydroxylation sites is 1. The Hall–Kier alpha value is -2.23. The van der Waals surface area contributed by atoms with Gasteiger partial charge in [-0.15, -0.1) is 0 Å². The van der Waals surface area contributed by atoms with Crippen molar-refractivity contribution in [2.45, 2.75) is 13.1 Å². The minimum absolute atomic E-state index is 0.626. The van der Waals surface area contributed by atoms with Crippen molar-refractivity contribution < 1.29 is 13.2 Å². The molecular weight excluding hydrogens is 263 g/mol. The van der Waals surface area contributed by atoms with Crippen LogP contribution in [0.25, 0.3) is 22.0 Å². The number of H-pyrrole nitrogens is 1. The fourth-order valence-corrected chi connectivity index (χ4v) is 2.47. The van der Waals surface area contributed by atoms with Gasteiger partial charge in [0.2, 0.25) is 0 Å². The quantitative estimate of drug-likeness (QED) is 0.631. The number of aromatic amines is 1. The second-order valence-electron chi connectivity index (χ2n) is 4.75. The van der Waals surface area contributed by atoms with Crippen molar-refractivity contribution in [3.05, 3.63) is 59.8 Å². The van der Waals surface area contributed by atoms with E-state index in [9.17, 15) is 13.2 Å². The molecule has 0 aliphatic heterocycles. The third-order valence-electron chi connectivity index (χ3n) is 3.39. The van der Waals surface area contributed by atoms with Crippen LogP contribution in [0.5, 0.6) is 0 Å². The third-order valence-corrected chi connectivity index (χ3v) is 3.39. The lowest BCUT2D eigenvalue weighted by atomic mass is 10.0. The molecule has 0 aliphatic carbocycles. The summed E-state index contributed by atoms with van der Waals surface area (Å²) < 4.78 is 37.8. The van der Waals surface area contributed by atoms with Crippen molar-refractivity contribution in [3.63, 3.8) is 0 Å². The Morgan fingerprint density at radius 1 is 0.900 bits per heavy atom. The summed E-state index contributed by atoms with van der Waals surface area (Å²) in [6.45, 7) is 1.92. The van der Waals surface area contributed by atoms with Crippen LogP contribution in [0.4, 0.5) is 13.2 Å². The Kier molecular flexibility index (Phi) is 2.82. The Labute approximate surface area is 114 Å². The van der Waals surface area contributed by atoms with Crippen LogP contribution >= 0.6 is 0 Å². The summed E-state index contributed by atoms with van der Waals surface area (Å²) >= 11 is 0. The molecule has 0 atom stereocenters. The predicted octanol–water partition coefficient (Wildman–Crippen LogP) is 5.16. The van der Waals surface area contributed by atoms with E-state index in [1.807, 2.05) is 31.2 Å². The Balaban J connectivity index is 2.14. The number of hydrogen-bond donors (Lipinski definition) is 1. The normalized spacial score (nSPS) is 12.0. The van der Waals surface area contributed by atoms with Crippen molar-refractivity contribution in [3.8, 4) is 11.1 Å². The molecule has 3 rings (SSSR count). The highest BCUT2D eigenvalue weighted by molar-refractivity contribution is 5.97. The maximum absolute atomic E-state index is 12.6. The van der Waals surface area contributed by atoms with E-state index in [0.717, 1.165) is 39.9 Å². The van der Waals surface area contributed by atoms with E-state index in [2.05, 4.69) is 4.98 Å². The zero-order valence-corrected chi connectivity index (χ0v) is 10.8. The number of nitrogens with one attached hydrogen (secondary N) is 1. The lowest BCUT2D eigenvalue weighted by molar-refractivity contribution is -0.137. The lowest BCUT2D eigenvalue weighted by Gasteiger charge is -2.08. The summed E-state index contributed by atoms with van der Waals surface area (Å²) in [6.07, 6.45) is -4.30.